The van der Waals surface area contributed by atoms with Gasteiger partial charge in [0.05, 0.1) is 6.54 Å². The quantitative estimate of drug-likeness (QED) is 0.759. The summed E-state index contributed by atoms with van der Waals surface area (Å²) in [6.07, 6.45) is 3.75. The highest BCUT2D eigenvalue weighted by Gasteiger charge is 2.23. The summed E-state index contributed by atoms with van der Waals surface area (Å²) in [4.78, 5) is 16.6. The molecule has 0 unspecified atom stereocenters. The van der Waals surface area contributed by atoms with Crippen molar-refractivity contribution in [3.05, 3.63) is 52.9 Å². The monoisotopic (exact) mass is 341 g/mol. The van der Waals surface area contributed by atoms with E-state index >= 15 is 0 Å². The molecule has 0 atom stereocenters. The number of amides is 1. The van der Waals surface area contributed by atoms with Gasteiger partial charge in [-0.15, -0.1) is 0 Å². The second-order valence-corrected chi connectivity index (χ2v) is 5.94. The van der Waals surface area contributed by atoms with Gasteiger partial charge in [-0.05, 0) is 43.5 Å². The van der Waals surface area contributed by atoms with E-state index in [1.165, 1.54) is 12.1 Å². The lowest BCUT2D eigenvalue weighted by molar-refractivity contribution is 0.0940. The van der Waals surface area contributed by atoms with Crippen LogP contribution in [0.3, 0.4) is 0 Å². The Kier molecular flexibility index (Phi) is 4.01. The van der Waals surface area contributed by atoms with E-state index < -0.39 is 0 Å². The number of aromatic nitrogens is 4. The number of hydrogen-bond donors (Lipinski definition) is 2. The summed E-state index contributed by atoms with van der Waals surface area (Å²) in [6, 6.07) is 5.90. The number of fused-ring (bicyclic) bond motifs is 1. The number of H-pyrrole nitrogens is 1. The lowest BCUT2D eigenvalue weighted by atomic mass is 9.96. The molecule has 0 aliphatic heterocycles. The molecule has 7 nitrogen and oxygen atoms in total. The van der Waals surface area contributed by atoms with E-state index in [2.05, 4.69) is 25.7 Å². The van der Waals surface area contributed by atoms with E-state index in [1.54, 1.807) is 12.1 Å². The summed E-state index contributed by atoms with van der Waals surface area (Å²) in [6.45, 7) is 0.189. The van der Waals surface area contributed by atoms with Crippen LogP contribution < -0.4 is 5.32 Å². The number of aromatic amines is 1. The molecule has 1 amide bonds. The number of hydrogen-bond acceptors (Lipinski definition) is 5. The van der Waals surface area contributed by atoms with Gasteiger partial charge in [0.1, 0.15) is 17.4 Å². The SMILES string of the molecule is O=C(NCc1nc(-c2ccc(F)cc2)n[nH]1)c1noc2c1CCCC2. The molecule has 4 rings (SSSR count). The molecule has 0 fully saturated rings. The summed E-state index contributed by atoms with van der Waals surface area (Å²) >= 11 is 0. The van der Waals surface area contributed by atoms with Gasteiger partial charge in [-0.3, -0.25) is 9.89 Å². The van der Waals surface area contributed by atoms with Crippen LogP contribution in [0.5, 0.6) is 0 Å². The number of rotatable bonds is 4. The Morgan fingerprint density at radius 3 is 2.88 bits per heavy atom. The van der Waals surface area contributed by atoms with Crippen LogP contribution in [-0.4, -0.2) is 26.2 Å². The number of halogens is 1. The van der Waals surface area contributed by atoms with Gasteiger partial charge in [0.2, 0.25) is 0 Å². The molecular weight excluding hydrogens is 325 g/mol. The van der Waals surface area contributed by atoms with Crippen molar-refractivity contribution in [2.24, 2.45) is 0 Å². The minimum atomic E-state index is -0.317. The maximum atomic E-state index is 13.0. The Labute approximate surface area is 142 Å². The van der Waals surface area contributed by atoms with E-state index in [9.17, 15) is 9.18 Å². The highest BCUT2D eigenvalue weighted by Crippen LogP contribution is 2.24. The molecule has 128 valence electrons. The number of benzene rings is 1. The van der Waals surface area contributed by atoms with Gasteiger partial charge in [0.15, 0.2) is 11.5 Å². The van der Waals surface area contributed by atoms with Crippen LogP contribution in [0, 0.1) is 5.82 Å². The zero-order valence-electron chi connectivity index (χ0n) is 13.4. The summed E-state index contributed by atoms with van der Waals surface area (Å²) in [5, 5.41) is 13.5. The molecule has 8 heteroatoms. The van der Waals surface area contributed by atoms with Crippen molar-refractivity contribution >= 4 is 5.91 Å². The van der Waals surface area contributed by atoms with Crippen LogP contribution in [0.25, 0.3) is 11.4 Å². The highest BCUT2D eigenvalue weighted by molar-refractivity contribution is 5.93. The molecule has 1 aliphatic rings. The van der Waals surface area contributed by atoms with Gasteiger partial charge < -0.3 is 9.84 Å². The molecule has 0 saturated heterocycles. The Bertz CT molecular complexity index is 900. The molecule has 25 heavy (non-hydrogen) atoms. The first-order chi connectivity index (χ1) is 12.2. The number of carbonyl (C=O) groups excluding carboxylic acids is 1. The molecule has 3 aromatic rings. The molecular formula is C17H16FN5O2. The average molecular weight is 341 g/mol. The van der Waals surface area contributed by atoms with E-state index in [0.29, 0.717) is 22.9 Å². The first-order valence-electron chi connectivity index (χ1n) is 8.13. The minimum absolute atomic E-state index is 0.189. The van der Waals surface area contributed by atoms with Crippen LogP contribution in [0.1, 0.15) is 40.5 Å². The third kappa shape index (κ3) is 3.15. The van der Waals surface area contributed by atoms with Crippen LogP contribution in [0.15, 0.2) is 28.8 Å². The van der Waals surface area contributed by atoms with E-state index in [4.69, 9.17) is 4.52 Å². The van der Waals surface area contributed by atoms with Crippen LogP contribution in [-0.2, 0) is 19.4 Å². The molecule has 2 heterocycles. The fourth-order valence-electron chi connectivity index (χ4n) is 2.91. The van der Waals surface area contributed by atoms with Crippen LogP contribution >= 0.6 is 0 Å². The average Bonchev–Trinajstić information content (AvgIpc) is 3.27. The lowest BCUT2D eigenvalue weighted by Crippen LogP contribution is -2.25. The second kappa shape index (κ2) is 6.46. The fraction of sp³-hybridized carbons (Fsp3) is 0.294. The summed E-state index contributed by atoms with van der Waals surface area (Å²) in [5.41, 5.74) is 1.96. The molecule has 0 spiro atoms. The number of carbonyl (C=O) groups is 1. The minimum Gasteiger partial charge on any atom is -0.360 e. The molecule has 2 N–H and O–H groups in total. The van der Waals surface area contributed by atoms with Gasteiger partial charge >= 0.3 is 0 Å². The molecule has 0 bridgehead atoms. The fourth-order valence-corrected chi connectivity index (χ4v) is 2.91. The van der Waals surface area contributed by atoms with Gasteiger partial charge in [0, 0.05) is 17.5 Å². The van der Waals surface area contributed by atoms with Gasteiger partial charge in [0.25, 0.3) is 5.91 Å². The lowest BCUT2D eigenvalue weighted by Gasteiger charge is -2.08. The van der Waals surface area contributed by atoms with Crippen molar-refractivity contribution in [2.45, 2.75) is 32.2 Å². The first kappa shape index (κ1) is 15.5. The van der Waals surface area contributed by atoms with E-state index in [1.807, 2.05) is 0 Å². The van der Waals surface area contributed by atoms with Crippen molar-refractivity contribution in [1.29, 1.82) is 0 Å². The van der Waals surface area contributed by atoms with Gasteiger partial charge in [-0.2, -0.15) is 5.10 Å². The smallest absolute Gasteiger partial charge is 0.274 e. The molecule has 1 aromatic carbocycles. The molecule has 0 saturated carbocycles. The maximum Gasteiger partial charge on any atom is 0.274 e. The van der Waals surface area contributed by atoms with Crippen molar-refractivity contribution in [1.82, 2.24) is 25.7 Å². The molecule has 1 aliphatic carbocycles. The van der Waals surface area contributed by atoms with Crippen LogP contribution in [0.4, 0.5) is 4.39 Å². The maximum absolute atomic E-state index is 13.0. The summed E-state index contributed by atoms with van der Waals surface area (Å²) in [7, 11) is 0. The largest absolute Gasteiger partial charge is 0.360 e. The second-order valence-electron chi connectivity index (χ2n) is 5.94. The molecule has 0 radical (unpaired) electrons. The standard InChI is InChI=1S/C17H16FN5O2/c18-11-7-5-10(6-8-11)16-20-14(21-22-16)9-19-17(24)15-12-3-1-2-4-13(12)25-23-15/h5-8H,1-4,9H2,(H,19,24)(H,20,21,22). The van der Waals surface area contributed by atoms with Gasteiger partial charge in [-0.1, -0.05) is 5.16 Å². The van der Waals surface area contributed by atoms with E-state index in [-0.39, 0.29) is 18.3 Å². The predicted molar refractivity (Wildman–Crippen MR) is 86.1 cm³/mol. The number of nitrogens with one attached hydrogen (secondary N) is 2. The topological polar surface area (TPSA) is 96.7 Å². The van der Waals surface area contributed by atoms with Gasteiger partial charge in [-0.25, -0.2) is 9.37 Å². The van der Waals surface area contributed by atoms with Crippen molar-refractivity contribution < 1.29 is 13.7 Å². The van der Waals surface area contributed by atoms with Crippen LogP contribution in [0.2, 0.25) is 0 Å². The Morgan fingerprint density at radius 1 is 1.24 bits per heavy atom. The predicted octanol–water partition coefficient (Wildman–Crippen LogP) is 2.41. The summed E-state index contributed by atoms with van der Waals surface area (Å²) in [5.74, 6) is 1.16. The normalized spacial score (nSPS) is 13.5. The van der Waals surface area contributed by atoms with E-state index in [0.717, 1.165) is 37.0 Å². The zero-order chi connectivity index (χ0) is 17.2. The Balaban J connectivity index is 1.42. The van der Waals surface area contributed by atoms with Crippen molar-refractivity contribution in [3.8, 4) is 11.4 Å². The molecule has 2 aromatic heterocycles. The number of nitrogens with zero attached hydrogens (tertiary/aromatic N) is 3. The summed E-state index contributed by atoms with van der Waals surface area (Å²) < 4.78 is 18.2. The van der Waals surface area contributed by atoms with Crippen molar-refractivity contribution in [2.75, 3.05) is 0 Å². The Morgan fingerprint density at radius 2 is 2.04 bits per heavy atom. The Hall–Kier alpha value is -3.03. The first-order valence-corrected chi connectivity index (χ1v) is 8.13. The highest BCUT2D eigenvalue weighted by atomic mass is 19.1. The third-order valence-corrected chi connectivity index (χ3v) is 4.22. The zero-order valence-corrected chi connectivity index (χ0v) is 13.4. The number of aryl methyl sites for hydroxylation is 1. The van der Waals surface area contributed by atoms with Crippen molar-refractivity contribution in [3.63, 3.8) is 0 Å². The third-order valence-electron chi connectivity index (χ3n) is 4.22.